The van der Waals surface area contributed by atoms with E-state index in [0.717, 1.165) is 31.2 Å². The van der Waals surface area contributed by atoms with Crippen LogP contribution in [0.3, 0.4) is 0 Å². The van der Waals surface area contributed by atoms with Crippen molar-refractivity contribution >= 4 is 15.9 Å². The number of nitrogens with one attached hydrogen (secondary N) is 1. The highest BCUT2D eigenvalue weighted by Gasteiger charge is 2.27. The van der Waals surface area contributed by atoms with E-state index in [0.29, 0.717) is 17.7 Å². The second-order valence-electron chi connectivity index (χ2n) is 8.18. The summed E-state index contributed by atoms with van der Waals surface area (Å²) in [6.45, 7) is 0. The number of aromatic nitrogens is 3. The Morgan fingerprint density at radius 2 is 1.75 bits per heavy atom. The van der Waals surface area contributed by atoms with Gasteiger partial charge in [-0.3, -0.25) is 4.79 Å². The second kappa shape index (κ2) is 9.62. The zero-order chi connectivity index (χ0) is 22.6. The maximum absolute atomic E-state index is 13.4. The van der Waals surface area contributed by atoms with Gasteiger partial charge in [-0.1, -0.05) is 66.9 Å². The fourth-order valence-corrected chi connectivity index (χ4v) is 4.68. The number of hydrogen-bond acceptors (Lipinski definition) is 5. The van der Waals surface area contributed by atoms with E-state index in [9.17, 15) is 13.2 Å². The van der Waals surface area contributed by atoms with Crippen molar-refractivity contribution in [2.24, 2.45) is 5.14 Å². The van der Waals surface area contributed by atoms with Crippen LogP contribution in [-0.2, 0) is 21.2 Å². The van der Waals surface area contributed by atoms with Gasteiger partial charge in [0.2, 0.25) is 15.9 Å². The first-order chi connectivity index (χ1) is 15.4. The molecule has 9 heteroatoms. The van der Waals surface area contributed by atoms with Crippen molar-refractivity contribution in [3.63, 3.8) is 0 Å². The number of amides is 1. The summed E-state index contributed by atoms with van der Waals surface area (Å²) in [5.74, 6) is -0.0892. The van der Waals surface area contributed by atoms with E-state index in [1.807, 2.05) is 30.3 Å². The molecule has 0 bridgehead atoms. The van der Waals surface area contributed by atoms with Crippen molar-refractivity contribution in [1.29, 1.82) is 0 Å². The number of sulfonamides is 1. The van der Waals surface area contributed by atoms with Crippen LogP contribution in [-0.4, -0.2) is 35.4 Å². The number of hydrogen-bond donors (Lipinski definition) is 2. The van der Waals surface area contributed by atoms with E-state index < -0.39 is 16.1 Å². The van der Waals surface area contributed by atoms with E-state index in [1.165, 1.54) is 18.6 Å². The van der Waals surface area contributed by atoms with Crippen LogP contribution in [0.5, 0.6) is 0 Å². The van der Waals surface area contributed by atoms with Crippen LogP contribution >= 0.6 is 0 Å². The minimum atomic E-state index is -3.79. The maximum atomic E-state index is 13.4. The number of rotatable bonds is 7. The summed E-state index contributed by atoms with van der Waals surface area (Å²) < 4.78 is 24.8. The molecule has 3 N–H and O–H groups in total. The first-order valence-electron chi connectivity index (χ1n) is 10.8. The third-order valence-electron chi connectivity index (χ3n) is 5.87. The first-order valence-corrected chi connectivity index (χ1v) is 12.3. The van der Waals surface area contributed by atoms with Gasteiger partial charge in [-0.15, -0.1) is 5.10 Å². The highest BCUT2D eigenvalue weighted by atomic mass is 32.2. The Kier molecular flexibility index (Phi) is 6.66. The Morgan fingerprint density at radius 3 is 2.41 bits per heavy atom. The van der Waals surface area contributed by atoms with E-state index in [1.54, 1.807) is 23.0 Å². The summed E-state index contributed by atoms with van der Waals surface area (Å²) in [6.07, 6.45) is 7.48. The molecule has 32 heavy (non-hydrogen) atoms. The third kappa shape index (κ3) is 5.23. The van der Waals surface area contributed by atoms with Gasteiger partial charge in [-0.25, -0.2) is 18.2 Å². The van der Waals surface area contributed by atoms with Crippen LogP contribution in [0.4, 0.5) is 0 Å². The first kappa shape index (κ1) is 22.2. The number of carbonyl (C=O) groups is 1. The van der Waals surface area contributed by atoms with E-state index in [4.69, 9.17) is 5.14 Å². The van der Waals surface area contributed by atoms with Crippen molar-refractivity contribution in [3.05, 3.63) is 66.4 Å². The molecule has 0 radical (unpaired) electrons. The summed E-state index contributed by atoms with van der Waals surface area (Å²) in [5, 5.41) is 16.7. The van der Waals surface area contributed by atoms with E-state index in [2.05, 4.69) is 15.6 Å². The van der Waals surface area contributed by atoms with Gasteiger partial charge in [0.1, 0.15) is 6.04 Å². The molecule has 1 saturated carbocycles. The molecule has 1 aliphatic carbocycles. The summed E-state index contributed by atoms with van der Waals surface area (Å²) in [5.41, 5.74) is 2.35. The SMILES string of the molecule is NS(=O)(=O)c1ccc(-c2cnnn2[C@@H](Cc2ccccc2)C(=O)NC2CCCCC2)cc1. The molecule has 4 rings (SSSR count). The van der Waals surface area contributed by atoms with Crippen LogP contribution in [0.15, 0.2) is 65.7 Å². The highest BCUT2D eigenvalue weighted by molar-refractivity contribution is 7.89. The molecule has 1 heterocycles. The highest BCUT2D eigenvalue weighted by Crippen LogP contribution is 2.26. The second-order valence-corrected chi connectivity index (χ2v) is 9.74. The third-order valence-corrected chi connectivity index (χ3v) is 6.80. The van der Waals surface area contributed by atoms with E-state index >= 15 is 0 Å². The van der Waals surface area contributed by atoms with Gasteiger partial charge in [-0.05, 0) is 30.5 Å². The number of nitrogens with zero attached hydrogens (tertiary/aromatic N) is 3. The molecule has 0 aliphatic heterocycles. The standard InChI is InChI=1S/C23H27N5O3S/c24-32(30,31)20-13-11-18(12-14-20)22-16-25-27-28(22)21(15-17-7-3-1-4-8-17)23(29)26-19-9-5-2-6-10-19/h1,3-4,7-8,11-14,16,19,21H,2,5-6,9-10,15H2,(H,26,29)(H2,24,30,31)/t21-/m0/s1. The summed E-state index contributed by atoms with van der Waals surface area (Å²) in [7, 11) is -3.79. The van der Waals surface area contributed by atoms with Crippen LogP contribution in [0.25, 0.3) is 11.3 Å². The smallest absolute Gasteiger partial charge is 0.245 e. The molecule has 1 fully saturated rings. The maximum Gasteiger partial charge on any atom is 0.245 e. The molecule has 0 spiro atoms. The molecule has 168 valence electrons. The molecular weight excluding hydrogens is 426 g/mol. The predicted octanol–water partition coefficient (Wildman–Crippen LogP) is 2.83. The van der Waals surface area contributed by atoms with Gasteiger partial charge in [-0.2, -0.15) is 0 Å². The molecule has 1 atom stereocenters. The number of primary sulfonamides is 1. The summed E-state index contributed by atoms with van der Waals surface area (Å²) in [6, 6.07) is 15.6. The fraction of sp³-hybridized carbons (Fsp3) is 0.348. The molecule has 1 aromatic heterocycles. The van der Waals surface area contributed by atoms with Crippen molar-refractivity contribution in [1.82, 2.24) is 20.3 Å². The molecule has 1 amide bonds. The van der Waals surface area contributed by atoms with Gasteiger partial charge >= 0.3 is 0 Å². The Morgan fingerprint density at radius 1 is 1.06 bits per heavy atom. The minimum Gasteiger partial charge on any atom is -0.352 e. The summed E-state index contributed by atoms with van der Waals surface area (Å²) in [4.78, 5) is 13.4. The normalized spacial score (nSPS) is 15.9. The monoisotopic (exact) mass is 453 g/mol. The van der Waals surface area contributed by atoms with Crippen molar-refractivity contribution in [2.45, 2.75) is 55.5 Å². The Balaban J connectivity index is 1.65. The average molecular weight is 454 g/mol. The molecular formula is C23H27N5O3S. The zero-order valence-corrected chi connectivity index (χ0v) is 18.5. The quantitative estimate of drug-likeness (QED) is 0.570. The van der Waals surface area contributed by atoms with Gasteiger partial charge < -0.3 is 5.32 Å². The lowest BCUT2D eigenvalue weighted by Gasteiger charge is -2.26. The van der Waals surface area contributed by atoms with Crippen LogP contribution in [0, 0.1) is 0 Å². The Labute approximate surface area is 187 Å². The van der Waals surface area contributed by atoms with Crippen molar-refractivity contribution < 1.29 is 13.2 Å². The fourth-order valence-electron chi connectivity index (χ4n) is 4.17. The Bertz CT molecular complexity index is 1150. The number of benzene rings is 2. The largest absolute Gasteiger partial charge is 0.352 e. The predicted molar refractivity (Wildman–Crippen MR) is 121 cm³/mol. The molecule has 2 aromatic carbocycles. The van der Waals surface area contributed by atoms with Crippen LogP contribution in [0.2, 0.25) is 0 Å². The lowest BCUT2D eigenvalue weighted by molar-refractivity contribution is -0.125. The van der Waals surface area contributed by atoms with Gasteiger partial charge in [0.25, 0.3) is 0 Å². The van der Waals surface area contributed by atoms with Crippen LogP contribution < -0.4 is 10.5 Å². The van der Waals surface area contributed by atoms with Crippen LogP contribution in [0.1, 0.15) is 43.7 Å². The zero-order valence-electron chi connectivity index (χ0n) is 17.7. The lowest BCUT2D eigenvalue weighted by atomic mass is 9.95. The van der Waals surface area contributed by atoms with Crippen molar-refractivity contribution in [2.75, 3.05) is 0 Å². The summed E-state index contributed by atoms with van der Waals surface area (Å²) >= 11 is 0. The minimum absolute atomic E-state index is 0.0242. The Hall–Kier alpha value is -3.04. The van der Waals surface area contributed by atoms with Gasteiger partial charge in [0.15, 0.2) is 0 Å². The molecule has 0 unspecified atom stereocenters. The molecule has 8 nitrogen and oxygen atoms in total. The number of nitrogens with two attached hydrogens (primary N) is 1. The number of carbonyl (C=O) groups excluding carboxylic acids is 1. The van der Waals surface area contributed by atoms with E-state index in [-0.39, 0.29) is 16.8 Å². The average Bonchev–Trinajstić information content (AvgIpc) is 3.28. The van der Waals surface area contributed by atoms with Gasteiger partial charge in [0, 0.05) is 18.0 Å². The molecule has 3 aromatic rings. The molecule has 1 aliphatic rings. The topological polar surface area (TPSA) is 120 Å². The molecule has 0 saturated heterocycles. The van der Waals surface area contributed by atoms with Crippen molar-refractivity contribution in [3.8, 4) is 11.3 Å². The lowest BCUT2D eigenvalue weighted by Crippen LogP contribution is -2.41. The van der Waals surface area contributed by atoms with Gasteiger partial charge in [0.05, 0.1) is 16.8 Å².